The monoisotopic (exact) mass is 294 g/mol. The minimum atomic E-state index is -0.150. The van der Waals surface area contributed by atoms with Gasteiger partial charge < -0.3 is 15.3 Å². The molecule has 3 N–H and O–H groups in total. The molecule has 2 atom stereocenters. The van der Waals surface area contributed by atoms with Crippen molar-refractivity contribution in [3.8, 4) is 0 Å². The van der Waals surface area contributed by atoms with Gasteiger partial charge in [0.2, 0.25) is 0 Å². The van der Waals surface area contributed by atoms with E-state index in [0.29, 0.717) is 6.54 Å². The predicted molar refractivity (Wildman–Crippen MR) is 79.5 cm³/mol. The van der Waals surface area contributed by atoms with E-state index in [1.807, 2.05) is 24.3 Å². The van der Waals surface area contributed by atoms with Crippen LogP contribution in [0.1, 0.15) is 18.4 Å². The quantitative estimate of drug-likeness (QED) is 0.779. The molecule has 1 aromatic rings. The minimum Gasteiger partial charge on any atom is -0.392 e. The van der Waals surface area contributed by atoms with Gasteiger partial charge in [-0.25, -0.2) is 0 Å². The molecule has 0 aliphatic carbocycles. The lowest BCUT2D eigenvalue weighted by Gasteiger charge is -2.28. The summed E-state index contributed by atoms with van der Waals surface area (Å²) in [6.45, 7) is 1.78. The van der Waals surface area contributed by atoms with Crippen molar-refractivity contribution in [2.75, 3.05) is 13.2 Å². The Labute approximate surface area is 123 Å². The molecule has 1 fully saturated rings. The van der Waals surface area contributed by atoms with Crippen LogP contribution in [0.5, 0.6) is 0 Å². The van der Waals surface area contributed by atoms with Crippen LogP contribution in [-0.4, -0.2) is 41.2 Å². The minimum absolute atomic E-state index is 0.0350. The summed E-state index contributed by atoms with van der Waals surface area (Å²) >= 11 is 5.92. The summed E-state index contributed by atoms with van der Waals surface area (Å²) < 4.78 is 0. The number of hydrogen-bond donors (Lipinski definition) is 3. The predicted octanol–water partition coefficient (Wildman–Crippen LogP) is 1.13. The molecule has 1 unspecified atom stereocenters. The number of rotatable bonds is 4. The van der Waals surface area contributed by atoms with Crippen molar-refractivity contribution in [3.05, 3.63) is 34.9 Å². The molecule has 0 amide bonds. The summed E-state index contributed by atoms with van der Waals surface area (Å²) in [5, 5.41) is 18.1. The smallest absolute Gasteiger partial charge is 0.144 e. The highest BCUT2D eigenvalue weighted by Crippen LogP contribution is 2.19. The van der Waals surface area contributed by atoms with Gasteiger partial charge in [-0.1, -0.05) is 23.7 Å². The number of amidine groups is 1. The van der Waals surface area contributed by atoms with Crippen molar-refractivity contribution in [3.63, 3.8) is 0 Å². The second-order valence-electron chi connectivity index (χ2n) is 5.20. The largest absolute Gasteiger partial charge is 0.392 e. The first-order chi connectivity index (χ1) is 9.78. The number of hydrazone groups is 1. The van der Waals surface area contributed by atoms with Gasteiger partial charge in [-0.2, -0.15) is 5.10 Å². The molecule has 1 saturated heterocycles. The van der Waals surface area contributed by atoms with Crippen LogP contribution in [0.3, 0.4) is 0 Å². The Balaban J connectivity index is 1.76. The normalized spacial score (nSPS) is 25.7. The molecular formula is C14H19ClN4O. The number of hydrogen-bond acceptors (Lipinski definition) is 5. The fourth-order valence-electron chi connectivity index (χ4n) is 2.73. The van der Waals surface area contributed by atoms with Crippen LogP contribution in [0.4, 0.5) is 0 Å². The van der Waals surface area contributed by atoms with Gasteiger partial charge in [0.15, 0.2) is 0 Å². The fraction of sp³-hybridized carbons (Fsp3) is 0.500. The second-order valence-corrected chi connectivity index (χ2v) is 5.64. The molecule has 0 aromatic heterocycles. The molecule has 5 nitrogen and oxygen atoms in total. The van der Waals surface area contributed by atoms with Gasteiger partial charge in [0.05, 0.1) is 12.6 Å². The third-order valence-electron chi connectivity index (χ3n) is 3.81. The highest BCUT2D eigenvalue weighted by molar-refractivity contribution is 6.30. The first kappa shape index (κ1) is 13.7. The van der Waals surface area contributed by atoms with Gasteiger partial charge in [-0.05, 0) is 37.1 Å². The molecule has 0 bridgehead atoms. The SMILES string of the molecule is OCC1NN=C([C@H]2CCCN2)N1Cc1ccc(Cl)cc1. The molecule has 0 spiro atoms. The zero-order valence-corrected chi connectivity index (χ0v) is 12.0. The third kappa shape index (κ3) is 2.75. The van der Waals surface area contributed by atoms with Crippen LogP contribution >= 0.6 is 11.6 Å². The topological polar surface area (TPSA) is 59.9 Å². The number of nitrogens with one attached hydrogen (secondary N) is 2. The number of benzene rings is 1. The highest BCUT2D eigenvalue weighted by atomic mass is 35.5. The summed E-state index contributed by atoms with van der Waals surface area (Å²) in [5.74, 6) is 0.997. The van der Waals surface area contributed by atoms with E-state index in [4.69, 9.17) is 11.6 Å². The third-order valence-corrected chi connectivity index (χ3v) is 4.06. The van der Waals surface area contributed by atoms with Crippen molar-refractivity contribution in [1.29, 1.82) is 0 Å². The molecule has 3 rings (SSSR count). The number of aliphatic hydroxyl groups is 1. The molecule has 20 heavy (non-hydrogen) atoms. The van der Waals surface area contributed by atoms with Gasteiger partial charge in [-0.15, -0.1) is 0 Å². The summed E-state index contributed by atoms with van der Waals surface area (Å²) in [4.78, 5) is 2.13. The van der Waals surface area contributed by atoms with E-state index in [0.717, 1.165) is 29.4 Å². The zero-order valence-electron chi connectivity index (χ0n) is 11.2. The summed E-state index contributed by atoms with van der Waals surface area (Å²) in [6, 6.07) is 8.08. The summed E-state index contributed by atoms with van der Waals surface area (Å²) in [6.07, 6.45) is 2.11. The zero-order chi connectivity index (χ0) is 13.9. The summed E-state index contributed by atoms with van der Waals surface area (Å²) in [5.41, 5.74) is 4.17. The van der Waals surface area contributed by atoms with E-state index >= 15 is 0 Å². The molecule has 0 radical (unpaired) electrons. The number of halogens is 1. The maximum Gasteiger partial charge on any atom is 0.144 e. The van der Waals surface area contributed by atoms with Crippen molar-refractivity contribution in [1.82, 2.24) is 15.6 Å². The van der Waals surface area contributed by atoms with Gasteiger partial charge in [0.1, 0.15) is 12.0 Å². The van der Waals surface area contributed by atoms with Gasteiger partial charge >= 0.3 is 0 Å². The van der Waals surface area contributed by atoms with Gasteiger partial charge in [0, 0.05) is 11.6 Å². The average molecular weight is 295 g/mol. The molecule has 2 aliphatic rings. The molecule has 0 saturated carbocycles. The standard InChI is InChI=1S/C14H19ClN4O/c15-11-5-3-10(4-6-11)8-19-13(9-20)17-18-14(19)12-2-1-7-16-12/h3-6,12-13,16-17,20H,1-2,7-9H2/t12-,13?/m1/s1. The number of nitrogens with zero attached hydrogens (tertiary/aromatic N) is 2. The maximum absolute atomic E-state index is 9.50. The van der Waals surface area contributed by atoms with Gasteiger partial charge in [-0.3, -0.25) is 5.43 Å². The fourth-order valence-corrected chi connectivity index (χ4v) is 2.86. The molecule has 2 heterocycles. The Bertz CT molecular complexity index is 484. The van der Waals surface area contributed by atoms with E-state index < -0.39 is 0 Å². The van der Waals surface area contributed by atoms with Crippen molar-refractivity contribution >= 4 is 17.4 Å². The van der Waals surface area contributed by atoms with Crippen molar-refractivity contribution in [2.45, 2.75) is 31.6 Å². The van der Waals surface area contributed by atoms with E-state index in [9.17, 15) is 5.11 Å². The Morgan fingerprint density at radius 3 is 2.80 bits per heavy atom. The van der Waals surface area contributed by atoms with E-state index in [1.54, 1.807) is 0 Å². The lowest BCUT2D eigenvalue weighted by Crippen LogP contribution is -2.47. The van der Waals surface area contributed by atoms with Gasteiger partial charge in [0.25, 0.3) is 0 Å². The second kappa shape index (κ2) is 5.99. The Morgan fingerprint density at radius 2 is 2.15 bits per heavy atom. The lowest BCUT2D eigenvalue weighted by atomic mass is 10.1. The van der Waals surface area contributed by atoms with E-state index in [2.05, 4.69) is 20.7 Å². The molecule has 2 aliphatic heterocycles. The molecule has 6 heteroatoms. The Hall–Kier alpha value is -1.30. The molecule has 1 aromatic carbocycles. The maximum atomic E-state index is 9.50. The first-order valence-corrected chi connectivity index (χ1v) is 7.34. The van der Waals surface area contributed by atoms with Crippen molar-refractivity contribution < 1.29 is 5.11 Å². The Kier molecular flexibility index (Phi) is 4.10. The van der Waals surface area contributed by atoms with Crippen LogP contribution in [-0.2, 0) is 6.54 Å². The van der Waals surface area contributed by atoms with E-state index in [-0.39, 0.29) is 18.8 Å². The van der Waals surface area contributed by atoms with Crippen LogP contribution < -0.4 is 10.7 Å². The van der Waals surface area contributed by atoms with Crippen LogP contribution in [0, 0.1) is 0 Å². The average Bonchev–Trinajstić information content (AvgIpc) is 3.10. The molecule has 108 valence electrons. The lowest BCUT2D eigenvalue weighted by molar-refractivity contribution is 0.165. The van der Waals surface area contributed by atoms with E-state index in [1.165, 1.54) is 6.42 Å². The first-order valence-electron chi connectivity index (χ1n) is 6.96. The van der Waals surface area contributed by atoms with Crippen LogP contribution in [0.25, 0.3) is 0 Å². The van der Waals surface area contributed by atoms with Crippen LogP contribution in [0.15, 0.2) is 29.4 Å². The van der Waals surface area contributed by atoms with Crippen LogP contribution in [0.2, 0.25) is 5.02 Å². The summed E-state index contributed by atoms with van der Waals surface area (Å²) in [7, 11) is 0. The van der Waals surface area contributed by atoms with Crippen molar-refractivity contribution in [2.24, 2.45) is 5.10 Å². The highest BCUT2D eigenvalue weighted by Gasteiger charge is 2.33. The Morgan fingerprint density at radius 1 is 1.35 bits per heavy atom. The molecular weight excluding hydrogens is 276 g/mol. The number of aliphatic hydroxyl groups excluding tert-OH is 1.